The van der Waals surface area contributed by atoms with E-state index in [1.165, 1.54) is 0 Å². The maximum absolute atomic E-state index is 6.52. The molecule has 2 unspecified atom stereocenters. The zero-order valence-electron chi connectivity index (χ0n) is 16.3. The topological polar surface area (TPSA) is 27.9 Å². The molecule has 1 saturated heterocycles. The molecular weight excluding hydrogens is 368 g/mol. The van der Waals surface area contributed by atoms with Crippen molar-refractivity contribution in [1.82, 2.24) is 5.06 Å². The van der Waals surface area contributed by atoms with Gasteiger partial charge in [-0.25, -0.2) is 4.99 Å². The second-order valence-electron chi connectivity index (χ2n) is 7.63. The number of nitrogens with zero attached hydrogens (tertiary/aromatic N) is 2. The van der Waals surface area contributed by atoms with Gasteiger partial charge in [-0.2, -0.15) is 0 Å². The van der Waals surface area contributed by atoms with Gasteiger partial charge in [-0.15, -0.1) is 5.06 Å². The molecule has 3 heteroatoms. The fourth-order valence-electron chi connectivity index (χ4n) is 4.53. The molecule has 0 radical (unpaired) electrons. The smallest absolute Gasteiger partial charge is 0.235 e. The molecule has 0 aliphatic carbocycles. The fourth-order valence-corrected chi connectivity index (χ4v) is 4.53. The number of aliphatic imine (C=N–C) groups is 1. The summed E-state index contributed by atoms with van der Waals surface area (Å²) in [6, 6.07) is 41.5. The number of hydrogen-bond donors (Lipinski definition) is 0. The van der Waals surface area contributed by atoms with Gasteiger partial charge < -0.3 is 0 Å². The summed E-state index contributed by atoms with van der Waals surface area (Å²) < 4.78 is 0. The van der Waals surface area contributed by atoms with Gasteiger partial charge in [0.1, 0.15) is 5.71 Å². The van der Waals surface area contributed by atoms with Crippen molar-refractivity contribution in [2.75, 3.05) is 0 Å². The molecule has 6 rings (SSSR count). The second-order valence-corrected chi connectivity index (χ2v) is 7.63. The summed E-state index contributed by atoms with van der Waals surface area (Å²) in [7, 11) is 0. The lowest BCUT2D eigenvalue weighted by molar-refractivity contribution is 0.0936. The van der Waals surface area contributed by atoms with Gasteiger partial charge in [-0.1, -0.05) is 121 Å². The van der Waals surface area contributed by atoms with Gasteiger partial charge in [0.25, 0.3) is 0 Å². The molecule has 4 aromatic carbocycles. The molecule has 0 bridgehead atoms. The van der Waals surface area contributed by atoms with Crippen molar-refractivity contribution in [2.24, 2.45) is 4.99 Å². The van der Waals surface area contributed by atoms with E-state index in [4.69, 9.17) is 9.83 Å². The van der Waals surface area contributed by atoms with Gasteiger partial charge in [0.15, 0.2) is 5.66 Å². The molecule has 3 nitrogen and oxygen atoms in total. The number of hydrogen-bond acceptors (Lipinski definition) is 3. The standard InChI is InChI=1S/C27H20N2O/c1-5-13-21(14-6-1)25-27(24-19-11-4-12-20-24)29(30-27)26(28-25,22-15-7-2-8-16-22)23-17-9-3-10-18-23/h1-20H. The predicted molar refractivity (Wildman–Crippen MR) is 118 cm³/mol. The van der Waals surface area contributed by atoms with Crippen molar-refractivity contribution in [2.45, 2.75) is 11.4 Å². The zero-order chi connectivity index (χ0) is 20.0. The number of rotatable bonds is 4. The summed E-state index contributed by atoms with van der Waals surface area (Å²) in [6.07, 6.45) is 0. The molecule has 2 aliphatic rings. The lowest BCUT2D eigenvalue weighted by Gasteiger charge is -2.28. The van der Waals surface area contributed by atoms with Crippen LogP contribution in [0.15, 0.2) is 126 Å². The van der Waals surface area contributed by atoms with E-state index in [2.05, 4.69) is 90.0 Å². The van der Waals surface area contributed by atoms with Crippen molar-refractivity contribution < 1.29 is 4.84 Å². The van der Waals surface area contributed by atoms with Crippen molar-refractivity contribution in [3.8, 4) is 0 Å². The van der Waals surface area contributed by atoms with Crippen LogP contribution in [-0.2, 0) is 16.2 Å². The van der Waals surface area contributed by atoms with Crippen LogP contribution in [-0.4, -0.2) is 10.8 Å². The summed E-state index contributed by atoms with van der Waals surface area (Å²) in [5.74, 6) is 0. The number of hydroxylamine groups is 2. The van der Waals surface area contributed by atoms with Crippen LogP contribution in [0.4, 0.5) is 0 Å². The Balaban J connectivity index is 1.65. The van der Waals surface area contributed by atoms with Gasteiger partial charge in [-0.3, -0.25) is 4.84 Å². The molecule has 0 N–H and O–H groups in total. The Labute approximate surface area is 175 Å². The van der Waals surface area contributed by atoms with Crippen LogP contribution in [0.25, 0.3) is 0 Å². The van der Waals surface area contributed by atoms with E-state index in [1.54, 1.807) is 0 Å². The molecule has 0 aromatic heterocycles. The average molecular weight is 388 g/mol. The Morgan fingerprint density at radius 2 is 0.967 bits per heavy atom. The van der Waals surface area contributed by atoms with E-state index in [-0.39, 0.29) is 0 Å². The van der Waals surface area contributed by atoms with Crippen molar-refractivity contribution in [1.29, 1.82) is 0 Å². The van der Waals surface area contributed by atoms with Crippen LogP contribution < -0.4 is 0 Å². The third-order valence-electron chi connectivity index (χ3n) is 5.93. The van der Waals surface area contributed by atoms with Crippen LogP contribution in [0.2, 0.25) is 0 Å². The Hall–Kier alpha value is -3.53. The molecule has 30 heavy (non-hydrogen) atoms. The molecule has 2 heterocycles. The summed E-state index contributed by atoms with van der Waals surface area (Å²) in [5.41, 5.74) is 3.80. The van der Waals surface area contributed by atoms with E-state index >= 15 is 0 Å². The van der Waals surface area contributed by atoms with Crippen LogP contribution >= 0.6 is 0 Å². The van der Waals surface area contributed by atoms with Crippen LogP contribution in [0.5, 0.6) is 0 Å². The Morgan fingerprint density at radius 3 is 1.47 bits per heavy atom. The first-order valence-electron chi connectivity index (χ1n) is 10.2. The molecule has 0 amide bonds. The predicted octanol–water partition coefficient (Wildman–Crippen LogP) is 5.49. The van der Waals surface area contributed by atoms with Crippen LogP contribution in [0, 0.1) is 0 Å². The van der Waals surface area contributed by atoms with Gasteiger partial charge in [-0.05, 0) is 0 Å². The number of fused-ring (bicyclic) bond motifs is 1. The number of benzene rings is 4. The van der Waals surface area contributed by atoms with E-state index in [9.17, 15) is 0 Å². The maximum Gasteiger partial charge on any atom is 0.235 e. The Kier molecular flexibility index (Phi) is 3.75. The average Bonchev–Trinajstić information content (AvgIpc) is 3.52. The molecule has 0 spiro atoms. The normalized spacial score (nSPS) is 23.5. The minimum absolute atomic E-state index is 0.700. The molecule has 144 valence electrons. The van der Waals surface area contributed by atoms with E-state index in [1.807, 2.05) is 36.4 Å². The third-order valence-corrected chi connectivity index (χ3v) is 5.93. The SMILES string of the molecule is c1ccc(C2=NC(c3ccccc3)(c3ccccc3)N3OC23c2ccccc2)cc1. The lowest BCUT2D eigenvalue weighted by Crippen LogP contribution is -2.33. The summed E-state index contributed by atoms with van der Waals surface area (Å²) >= 11 is 0. The molecule has 2 atom stereocenters. The summed E-state index contributed by atoms with van der Waals surface area (Å²) in [5, 5.41) is 2.06. The first kappa shape index (κ1) is 17.3. The monoisotopic (exact) mass is 388 g/mol. The lowest BCUT2D eigenvalue weighted by atomic mass is 9.91. The first-order valence-corrected chi connectivity index (χ1v) is 10.2. The first-order chi connectivity index (χ1) is 14.9. The van der Waals surface area contributed by atoms with Gasteiger partial charge in [0.2, 0.25) is 5.72 Å². The highest BCUT2D eigenvalue weighted by atomic mass is 16.9. The molecule has 0 saturated carbocycles. The van der Waals surface area contributed by atoms with E-state index < -0.39 is 11.4 Å². The highest BCUT2D eigenvalue weighted by Crippen LogP contribution is 2.62. The highest BCUT2D eigenvalue weighted by Gasteiger charge is 2.74. The molecule has 4 aromatic rings. The molecular formula is C27H20N2O. The fraction of sp³-hybridized carbons (Fsp3) is 0.0741. The minimum atomic E-state index is -0.746. The van der Waals surface area contributed by atoms with Crippen molar-refractivity contribution in [3.05, 3.63) is 144 Å². The quantitative estimate of drug-likeness (QED) is 0.432. The highest BCUT2D eigenvalue weighted by molar-refractivity contribution is 6.10. The van der Waals surface area contributed by atoms with Crippen LogP contribution in [0.3, 0.4) is 0 Å². The minimum Gasteiger partial charge on any atom is -0.256 e. The Bertz CT molecular complexity index is 1170. The third kappa shape index (κ3) is 2.31. The van der Waals surface area contributed by atoms with Gasteiger partial charge in [0.05, 0.1) is 0 Å². The van der Waals surface area contributed by atoms with Gasteiger partial charge in [0, 0.05) is 22.3 Å². The summed E-state index contributed by atoms with van der Waals surface area (Å²) in [6.45, 7) is 0. The van der Waals surface area contributed by atoms with E-state index in [0.29, 0.717) is 0 Å². The van der Waals surface area contributed by atoms with Crippen LogP contribution in [0.1, 0.15) is 22.3 Å². The largest absolute Gasteiger partial charge is 0.256 e. The van der Waals surface area contributed by atoms with Crippen molar-refractivity contribution in [3.63, 3.8) is 0 Å². The zero-order valence-corrected chi connectivity index (χ0v) is 16.3. The van der Waals surface area contributed by atoms with E-state index in [0.717, 1.165) is 28.0 Å². The molecule has 1 fully saturated rings. The summed E-state index contributed by atoms with van der Waals surface area (Å²) in [4.78, 5) is 11.9. The Morgan fingerprint density at radius 1 is 0.533 bits per heavy atom. The van der Waals surface area contributed by atoms with Crippen molar-refractivity contribution >= 4 is 5.71 Å². The maximum atomic E-state index is 6.52. The second kappa shape index (κ2) is 6.49. The molecule has 2 aliphatic heterocycles. The van der Waals surface area contributed by atoms with Gasteiger partial charge >= 0.3 is 0 Å².